The zero-order valence-electron chi connectivity index (χ0n) is 15.5. The number of likely N-dealkylation sites (tertiary alicyclic amines) is 1. The van der Waals surface area contributed by atoms with Crippen LogP contribution in [0.4, 0.5) is 0 Å². The van der Waals surface area contributed by atoms with E-state index in [4.69, 9.17) is 10.5 Å². The smallest absolute Gasteiger partial charge is 0.240 e. The first-order valence-corrected chi connectivity index (χ1v) is 9.43. The van der Waals surface area contributed by atoms with Crippen LogP contribution in [0.5, 0.6) is 5.75 Å². The number of aryl methyl sites for hydroxylation is 1. The first kappa shape index (κ1) is 18.2. The number of nitrogens with zero attached hydrogens (tertiary/aromatic N) is 1. The Morgan fingerprint density at radius 1 is 1.40 bits per heavy atom. The van der Waals surface area contributed by atoms with Crippen LogP contribution in [0.3, 0.4) is 0 Å². The minimum Gasteiger partial charge on any atom is -0.497 e. The summed E-state index contributed by atoms with van der Waals surface area (Å²) in [5, 5.41) is 3.10. The van der Waals surface area contributed by atoms with Gasteiger partial charge in [0.25, 0.3) is 0 Å². The number of carbonyl (C=O) groups excluding carboxylic acids is 1. The summed E-state index contributed by atoms with van der Waals surface area (Å²) in [6.45, 7) is 6.00. The van der Waals surface area contributed by atoms with Gasteiger partial charge in [0.2, 0.25) is 5.91 Å². The number of piperidine rings is 1. The molecule has 1 amide bonds. The van der Waals surface area contributed by atoms with Gasteiger partial charge in [0, 0.05) is 19.6 Å². The normalized spacial score (nSPS) is 22.9. The van der Waals surface area contributed by atoms with Crippen LogP contribution in [0.2, 0.25) is 0 Å². The van der Waals surface area contributed by atoms with Crippen molar-refractivity contribution in [2.75, 3.05) is 26.7 Å². The van der Waals surface area contributed by atoms with Crippen molar-refractivity contribution in [3.8, 4) is 5.75 Å². The molecule has 5 heteroatoms. The molecule has 1 aromatic rings. The van der Waals surface area contributed by atoms with Crippen molar-refractivity contribution >= 4 is 5.91 Å². The van der Waals surface area contributed by atoms with Crippen molar-refractivity contribution in [2.24, 2.45) is 11.7 Å². The molecular formula is C20H31N3O2. The third-order valence-electron chi connectivity index (χ3n) is 5.80. The van der Waals surface area contributed by atoms with Crippen LogP contribution in [0, 0.1) is 12.8 Å². The van der Waals surface area contributed by atoms with Crippen molar-refractivity contribution in [1.29, 1.82) is 0 Å². The predicted octanol–water partition coefficient (Wildman–Crippen LogP) is 2.21. The van der Waals surface area contributed by atoms with Crippen molar-refractivity contribution in [1.82, 2.24) is 10.2 Å². The number of benzene rings is 1. The first-order chi connectivity index (χ1) is 12.0. The van der Waals surface area contributed by atoms with E-state index in [9.17, 15) is 4.79 Å². The molecule has 3 rings (SSSR count). The summed E-state index contributed by atoms with van der Waals surface area (Å²) in [6, 6.07) is 6.29. The topological polar surface area (TPSA) is 67.6 Å². The largest absolute Gasteiger partial charge is 0.497 e. The fraction of sp³-hybridized carbons (Fsp3) is 0.650. The summed E-state index contributed by atoms with van der Waals surface area (Å²) in [5.74, 6) is 1.47. The van der Waals surface area contributed by atoms with Gasteiger partial charge in [-0.15, -0.1) is 0 Å². The Hall–Kier alpha value is -1.59. The molecule has 0 unspecified atom stereocenters. The Bertz CT molecular complexity index is 613. The van der Waals surface area contributed by atoms with Crippen LogP contribution in [0.1, 0.15) is 43.2 Å². The van der Waals surface area contributed by atoms with Gasteiger partial charge in [0.1, 0.15) is 5.75 Å². The molecule has 1 aliphatic carbocycles. The summed E-state index contributed by atoms with van der Waals surface area (Å²) in [6.07, 6.45) is 5.08. The molecule has 0 bridgehead atoms. The van der Waals surface area contributed by atoms with E-state index < -0.39 is 5.54 Å². The molecule has 1 heterocycles. The predicted molar refractivity (Wildman–Crippen MR) is 99.5 cm³/mol. The SMILES string of the molecule is COc1ccc(CN2CCC[C@@H](CNC(=O)C3(N)CCC3)C2)c(C)c1. The minimum atomic E-state index is -0.589. The Morgan fingerprint density at radius 2 is 2.20 bits per heavy atom. The fourth-order valence-electron chi connectivity index (χ4n) is 3.87. The zero-order chi connectivity index (χ0) is 17.9. The highest BCUT2D eigenvalue weighted by atomic mass is 16.5. The standard InChI is InChI=1S/C20H31N3O2/c1-15-11-18(25-2)7-6-17(15)14-23-10-3-5-16(13-23)12-22-19(24)20(21)8-4-9-20/h6-7,11,16H,3-5,8-10,12-14,21H2,1-2H3,(H,22,24)/t16-/m0/s1. The molecule has 25 heavy (non-hydrogen) atoms. The number of methoxy groups -OCH3 is 1. The molecule has 1 aromatic carbocycles. The highest BCUT2D eigenvalue weighted by molar-refractivity contribution is 5.86. The van der Waals surface area contributed by atoms with Crippen molar-refractivity contribution in [2.45, 2.75) is 51.1 Å². The van der Waals surface area contributed by atoms with Gasteiger partial charge < -0.3 is 15.8 Å². The fourth-order valence-corrected chi connectivity index (χ4v) is 3.87. The second-order valence-corrected chi connectivity index (χ2v) is 7.76. The monoisotopic (exact) mass is 345 g/mol. The molecule has 1 saturated carbocycles. The molecular weight excluding hydrogens is 314 g/mol. The van der Waals surface area contributed by atoms with Gasteiger partial charge in [-0.05, 0) is 74.8 Å². The van der Waals surface area contributed by atoms with Crippen LogP contribution >= 0.6 is 0 Å². The lowest BCUT2D eigenvalue weighted by molar-refractivity contribution is -0.129. The molecule has 1 saturated heterocycles. The van der Waals surface area contributed by atoms with Gasteiger partial charge in [0.05, 0.1) is 12.6 Å². The third kappa shape index (κ3) is 4.33. The highest BCUT2D eigenvalue weighted by Gasteiger charge is 2.40. The van der Waals surface area contributed by atoms with Crippen molar-refractivity contribution < 1.29 is 9.53 Å². The summed E-state index contributed by atoms with van der Waals surface area (Å²) in [7, 11) is 1.70. The molecule has 2 fully saturated rings. The molecule has 1 atom stereocenters. The second kappa shape index (κ2) is 7.75. The maximum absolute atomic E-state index is 12.2. The quantitative estimate of drug-likeness (QED) is 0.829. The number of hydrogen-bond donors (Lipinski definition) is 2. The van der Waals surface area contributed by atoms with E-state index in [1.807, 2.05) is 6.07 Å². The van der Waals surface area contributed by atoms with Crippen LogP contribution < -0.4 is 15.8 Å². The number of amides is 1. The Balaban J connectivity index is 1.50. The summed E-state index contributed by atoms with van der Waals surface area (Å²) < 4.78 is 5.29. The summed E-state index contributed by atoms with van der Waals surface area (Å²) in [5.41, 5.74) is 8.13. The summed E-state index contributed by atoms with van der Waals surface area (Å²) in [4.78, 5) is 14.7. The van der Waals surface area contributed by atoms with E-state index in [1.165, 1.54) is 24.0 Å². The minimum absolute atomic E-state index is 0.0434. The van der Waals surface area contributed by atoms with Gasteiger partial charge in [-0.1, -0.05) is 6.07 Å². The number of rotatable bonds is 6. The van der Waals surface area contributed by atoms with Gasteiger partial charge in [0.15, 0.2) is 0 Å². The number of hydrogen-bond acceptors (Lipinski definition) is 4. The lowest BCUT2D eigenvalue weighted by Crippen LogP contribution is -2.59. The van der Waals surface area contributed by atoms with E-state index in [0.717, 1.165) is 51.2 Å². The van der Waals surface area contributed by atoms with E-state index in [0.29, 0.717) is 5.92 Å². The van der Waals surface area contributed by atoms with Crippen LogP contribution in [-0.2, 0) is 11.3 Å². The molecule has 5 nitrogen and oxygen atoms in total. The van der Waals surface area contributed by atoms with E-state index >= 15 is 0 Å². The number of carbonyl (C=O) groups is 1. The molecule has 1 aliphatic heterocycles. The Morgan fingerprint density at radius 3 is 2.84 bits per heavy atom. The average molecular weight is 345 g/mol. The Kier molecular flexibility index (Phi) is 5.64. The van der Waals surface area contributed by atoms with Crippen LogP contribution in [0.15, 0.2) is 18.2 Å². The van der Waals surface area contributed by atoms with Crippen molar-refractivity contribution in [3.05, 3.63) is 29.3 Å². The van der Waals surface area contributed by atoms with Gasteiger partial charge in [-0.2, -0.15) is 0 Å². The maximum atomic E-state index is 12.2. The lowest BCUT2D eigenvalue weighted by Gasteiger charge is -2.37. The van der Waals surface area contributed by atoms with E-state index in [2.05, 4.69) is 29.3 Å². The van der Waals surface area contributed by atoms with Crippen molar-refractivity contribution in [3.63, 3.8) is 0 Å². The molecule has 0 spiro atoms. The maximum Gasteiger partial charge on any atom is 0.240 e. The van der Waals surface area contributed by atoms with Crippen LogP contribution in [-0.4, -0.2) is 43.1 Å². The first-order valence-electron chi connectivity index (χ1n) is 9.43. The lowest BCUT2D eigenvalue weighted by atomic mass is 9.77. The van der Waals surface area contributed by atoms with E-state index in [-0.39, 0.29) is 5.91 Å². The van der Waals surface area contributed by atoms with Gasteiger partial charge in [-0.3, -0.25) is 9.69 Å². The molecule has 138 valence electrons. The number of ether oxygens (including phenoxy) is 1. The summed E-state index contributed by atoms with van der Waals surface area (Å²) >= 11 is 0. The van der Waals surface area contributed by atoms with E-state index in [1.54, 1.807) is 7.11 Å². The molecule has 2 aliphatic rings. The zero-order valence-corrected chi connectivity index (χ0v) is 15.5. The number of nitrogens with one attached hydrogen (secondary N) is 1. The van der Waals surface area contributed by atoms with Gasteiger partial charge >= 0.3 is 0 Å². The second-order valence-electron chi connectivity index (χ2n) is 7.76. The Labute approximate surface area is 150 Å². The van der Waals surface area contributed by atoms with Crippen LogP contribution in [0.25, 0.3) is 0 Å². The number of nitrogens with two attached hydrogens (primary N) is 1. The van der Waals surface area contributed by atoms with Gasteiger partial charge in [-0.25, -0.2) is 0 Å². The third-order valence-corrected chi connectivity index (χ3v) is 5.80. The average Bonchev–Trinajstić information content (AvgIpc) is 2.59. The molecule has 0 aromatic heterocycles. The molecule has 0 radical (unpaired) electrons. The highest BCUT2D eigenvalue weighted by Crippen LogP contribution is 2.29. The molecule has 3 N–H and O–H groups in total.